The third-order valence-corrected chi connectivity index (χ3v) is 1.13. The second-order valence-corrected chi connectivity index (χ2v) is 1.77. The predicted molar refractivity (Wildman–Crippen MR) is 42.1 cm³/mol. The van der Waals surface area contributed by atoms with Gasteiger partial charge in [-0.1, -0.05) is 7.43 Å². The SMILES string of the molecule is C.[CH-]=O.[CH2-]OON1C(=O)CCC1=O.[Cm].[Y]. The van der Waals surface area contributed by atoms with Crippen molar-refractivity contribution in [2.75, 3.05) is 0 Å². The normalized spacial score (nSPS) is 12.7. The van der Waals surface area contributed by atoms with E-state index in [0.29, 0.717) is 5.06 Å². The Morgan fingerprint density at radius 3 is 1.80 bits per heavy atom. The van der Waals surface area contributed by atoms with E-state index in [1.54, 1.807) is 0 Å². The molecule has 15 heavy (non-hydrogen) atoms. The number of carbonyl (C=O) groups is 2. The molecule has 0 spiro atoms. The van der Waals surface area contributed by atoms with Gasteiger partial charge in [-0.2, -0.15) is 7.11 Å². The van der Waals surface area contributed by atoms with Crippen LogP contribution in [0.15, 0.2) is 0 Å². The maximum Gasteiger partial charge on any atom is 0.256 e. The van der Waals surface area contributed by atoms with E-state index in [-0.39, 0.29) is 53.0 Å². The second-order valence-electron chi connectivity index (χ2n) is 1.77. The Hall–Kier alpha value is -1.17. The van der Waals surface area contributed by atoms with Crippen LogP contribution in [0, 0.1) is 7.11 Å². The molecule has 1 radical (unpaired) electrons. The fourth-order valence-electron chi connectivity index (χ4n) is 0.692. The molecular formula is C7H11CmNO5Y-2. The maximum atomic E-state index is 10.6. The molecule has 6 nitrogen and oxygen atoms in total. The van der Waals surface area contributed by atoms with E-state index < -0.39 is 11.8 Å². The topological polar surface area (TPSA) is 72.9 Å². The molecule has 87 valence electrons. The summed E-state index contributed by atoms with van der Waals surface area (Å²) in [4.78, 5) is 37.1. The monoisotopic (exact) mass is 521 g/mol. The number of hydroxylamine groups is 2. The second kappa shape index (κ2) is 12.8. The Kier molecular flexibility index (Phi) is 20.2. The largest absolute Gasteiger partial charge is 0.545 e. The number of imide groups is 1. The van der Waals surface area contributed by atoms with Crippen LogP contribution in [0.5, 0.6) is 0 Å². The molecule has 2 amide bonds. The molecule has 1 heterocycles. The Morgan fingerprint density at radius 2 is 1.53 bits per heavy atom. The molecule has 1 aliphatic heterocycles. The summed E-state index contributed by atoms with van der Waals surface area (Å²) in [6, 6.07) is 0. The molecule has 0 aromatic heterocycles. The third kappa shape index (κ3) is 6.85. The van der Waals surface area contributed by atoms with Crippen molar-refractivity contribution in [3.05, 3.63) is 7.11 Å². The summed E-state index contributed by atoms with van der Waals surface area (Å²) in [5, 5.41) is 0.562. The summed E-state index contributed by atoms with van der Waals surface area (Å²) in [6.45, 7) is 3.25. The van der Waals surface area contributed by atoms with Gasteiger partial charge in [0.05, 0.1) is 0 Å². The molecule has 0 aliphatic carbocycles. The van der Waals surface area contributed by atoms with E-state index in [1.807, 2.05) is 0 Å². The van der Waals surface area contributed by atoms with Crippen LogP contribution < -0.4 is 0 Å². The van der Waals surface area contributed by atoms with E-state index in [4.69, 9.17) is 4.79 Å². The van der Waals surface area contributed by atoms with Gasteiger partial charge in [0.1, 0.15) is 0 Å². The van der Waals surface area contributed by atoms with Crippen molar-refractivity contribution in [1.29, 1.82) is 0 Å². The van der Waals surface area contributed by atoms with Crippen LogP contribution in [-0.4, -0.2) is 23.7 Å². The molecule has 8 heteroatoms. The van der Waals surface area contributed by atoms with Crippen LogP contribution >= 0.6 is 0 Å². The zero-order valence-corrected chi connectivity index (χ0v) is 12.9. The molecule has 0 N–H and O–H groups in total. The molecule has 0 bridgehead atoms. The van der Waals surface area contributed by atoms with Crippen molar-refractivity contribution >= 4 is 18.6 Å². The van der Waals surface area contributed by atoms with Crippen LogP contribution in [0.2, 0.25) is 0 Å². The quantitative estimate of drug-likeness (QED) is 0.169. The number of carbonyl (C=O) groups excluding carboxylic acids is 3. The minimum absolute atomic E-state index is 0. The summed E-state index contributed by atoms with van der Waals surface area (Å²) >= 11 is 0. The zero-order chi connectivity index (χ0) is 9.56. The number of nitrogens with zero attached hydrogens (tertiary/aromatic N) is 1. The fourth-order valence-corrected chi connectivity index (χ4v) is 0.692. The first kappa shape index (κ1) is 23.6. The Bertz CT molecular complexity index is 176. The minimum atomic E-state index is -0.395. The van der Waals surface area contributed by atoms with Crippen molar-refractivity contribution < 1.29 is 57.0 Å². The molecule has 1 rings (SSSR count). The first-order valence-electron chi connectivity index (χ1n) is 2.94. The van der Waals surface area contributed by atoms with Crippen molar-refractivity contribution in [2.45, 2.75) is 20.3 Å². The number of hydrogen-bond donors (Lipinski definition) is 0. The molecular weight excluding hydrogens is 514 g/mol. The van der Waals surface area contributed by atoms with Gasteiger partial charge >= 0.3 is 0 Å². The zero-order valence-electron chi connectivity index (χ0n) is 7.12. The molecule has 0 unspecified atom stereocenters. The predicted octanol–water partition coefficient (Wildman–Crippen LogP) is 0.150. The average molecular weight is 525 g/mol. The van der Waals surface area contributed by atoms with Crippen LogP contribution in [0.3, 0.4) is 0 Å². The number of hydrogen-bond acceptors (Lipinski definition) is 5. The summed E-state index contributed by atoms with van der Waals surface area (Å²) in [6.07, 6.45) is 0.365. The van der Waals surface area contributed by atoms with Gasteiger partial charge in [0.2, 0.25) is 0 Å². The van der Waals surface area contributed by atoms with Gasteiger partial charge in [0.15, 0.2) is 0 Å². The van der Waals surface area contributed by atoms with Gasteiger partial charge in [-0.05, 0) is 0 Å². The molecule has 1 saturated heterocycles. The van der Waals surface area contributed by atoms with Crippen LogP contribution in [0.1, 0.15) is 20.3 Å². The van der Waals surface area contributed by atoms with Gasteiger partial charge in [-0.25, -0.2) is 0 Å². The number of rotatable bonds is 2. The smallest absolute Gasteiger partial charge is 0.256 e. The summed E-state index contributed by atoms with van der Waals surface area (Å²) in [5.74, 6) is -0.790. The first-order valence-corrected chi connectivity index (χ1v) is 2.94. The van der Waals surface area contributed by atoms with Gasteiger partial charge in [0, 0.05) is 45.6 Å². The van der Waals surface area contributed by atoms with Gasteiger partial charge in [-0.15, -0.1) is 10.1 Å². The van der Waals surface area contributed by atoms with Gasteiger partial charge in [-0.3, -0.25) is 16.4 Å². The standard InChI is InChI=1S/C5H6NO4.CHO.CH4.Cm.Y/c1-9-10-6-4(7)2-3-5(6)8;1-2;;;/h1-3H2;1H;1H4;;/q2*-1;;;. The first-order chi connectivity index (χ1) is 5.75. The van der Waals surface area contributed by atoms with E-state index >= 15 is 0 Å². The fraction of sp³-hybridized carbons (Fsp3) is 0.429. The van der Waals surface area contributed by atoms with E-state index in [1.165, 1.54) is 0 Å². The minimum Gasteiger partial charge on any atom is -0.545 e. The Balaban J connectivity index is -0.000000114. The summed E-state index contributed by atoms with van der Waals surface area (Å²) in [5.41, 5.74) is 0. The molecule has 1 aliphatic rings. The summed E-state index contributed by atoms with van der Waals surface area (Å²) < 4.78 is 0. The van der Waals surface area contributed by atoms with E-state index in [9.17, 15) is 9.59 Å². The third-order valence-electron chi connectivity index (χ3n) is 1.13. The van der Waals surface area contributed by atoms with Crippen LogP contribution in [0.25, 0.3) is 0 Å². The van der Waals surface area contributed by atoms with Crippen LogP contribution in [-0.2, 0) is 57.0 Å². The average Bonchev–Trinajstić information content (AvgIpc) is 2.40. The van der Waals surface area contributed by atoms with Crippen molar-refractivity contribution in [3.63, 3.8) is 0 Å². The molecule has 0 atom stereocenters. The van der Waals surface area contributed by atoms with Gasteiger partial charge in [0.25, 0.3) is 11.8 Å². The molecule has 0 saturated carbocycles. The summed E-state index contributed by atoms with van der Waals surface area (Å²) in [7, 11) is 2.85. The Morgan fingerprint density at radius 1 is 1.20 bits per heavy atom. The maximum absolute atomic E-state index is 10.6. The van der Waals surface area contributed by atoms with E-state index in [0.717, 1.165) is 0 Å². The van der Waals surface area contributed by atoms with Crippen molar-refractivity contribution in [1.82, 2.24) is 5.06 Å². The molecule has 1 fully saturated rings. The molecule has 0 aromatic rings. The number of amides is 2. The Labute approximate surface area is 108 Å². The van der Waals surface area contributed by atoms with Crippen molar-refractivity contribution in [2.24, 2.45) is 0 Å². The van der Waals surface area contributed by atoms with E-state index in [2.05, 4.69) is 23.8 Å². The van der Waals surface area contributed by atoms with Crippen molar-refractivity contribution in [3.8, 4) is 0 Å². The van der Waals surface area contributed by atoms with Gasteiger partial charge < -0.3 is 9.68 Å². The van der Waals surface area contributed by atoms with Crippen LogP contribution in [0.4, 0.5) is 0 Å². The molecule has 0 aromatic carbocycles.